The van der Waals surface area contributed by atoms with Gasteiger partial charge in [-0.25, -0.2) is 4.98 Å². The molecule has 0 amide bonds. The molecule has 4 nitrogen and oxygen atoms in total. The Hall–Kier alpha value is -1.88. The van der Waals surface area contributed by atoms with Gasteiger partial charge in [-0.1, -0.05) is 18.2 Å². The van der Waals surface area contributed by atoms with Crippen molar-refractivity contribution in [2.45, 2.75) is 19.4 Å². The Bertz CT molecular complexity index is 599. The Balaban J connectivity index is 1.88. The Morgan fingerprint density at radius 3 is 2.67 bits per heavy atom. The fraction of sp³-hybridized carbons (Fsp3) is 0.250. The van der Waals surface area contributed by atoms with Crippen LogP contribution < -0.4 is 4.74 Å². The van der Waals surface area contributed by atoms with Crippen LogP contribution in [0, 0.1) is 0 Å². The zero-order valence-corrected chi connectivity index (χ0v) is 13.3. The molecule has 0 unspecified atom stereocenters. The third-order valence-corrected chi connectivity index (χ3v) is 3.71. The Morgan fingerprint density at radius 2 is 2.00 bits per heavy atom. The van der Waals surface area contributed by atoms with Crippen molar-refractivity contribution in [1.82, 2.24) is 4.98 Å². The second-order valence-electron chi connectivity index (χ2n) is 4.46. The molecule has 110 valence electrons. The first-order valence-electron chi connectivity index (χ1n) is 6.57. The van der Waals surface area contributed by atoms with Crippen LogP contribution in [0.5, 0.6) is 5.75 Å². The number of ether oxygens (including phenoxy) is 2. The highest BCUT2D eigenvalue weighted by atomic mass is 79.9. The van der Waals surface area contributed by atoms with Crippen molar-refractivity contribution >= 4 is 21.9 Å². The van der Waals surface area contributed by atoms with Crippen molar-refractivity contribution < 1.29 is 14.3 Å². The van der Waals surface area contributed by atoms with E-state index < -0.39 is 0 Å². The predicted octanol–water partition coefficient (Wildman–Crippen LogP) is 3.53. The van der Waals surface area contributed by atoms with Crippen molar-refractivity contribution in [3.05, 3.63) is 58.3 Å². The fourth-order valence-electron chi connectivity index (χ4n) is 1.79. The quantitative estimate of drug-likeness (QED) is 0.591. The summed E-state index contributed by atoms with van der Waals surface area (Å²) in [5.74, 6) is 0.587. The third kappa shape index (κ3) is 4.86. The van der Waals surface area contributed by atoms with E-state index in [9.17, 15) is 4.79 Å². The first kappa shape index (κ1) is 15.5. The van der Waals surface area contributed by atoms with Gasteiger partial charge in [-0.05, 0) is 46.1 Å². The minimum Gasteiger partial charge on any atom is -0.489 e. The highest BCUT2D eigenvalue weighted by molar-refractivity contribution is 9.10. The average Bonchev–Trinajstić information content (AvgIpc) is 2.53. The molecular formula is C16H16BrNO3. The van der Waals surface area contributed by atoms with Gasteiger partial charge >= 0.3 is 5.97 Å². The van der Waals surface area contributed by atoms with Crippen LogP contribution in [0.4, 0.5) is 0 Å². The van der Waals surface area contributed by atoms with E-state index in [0.717, 1.165) is 21.5 Å². The van der Waals surface area contributed by atoms with E-state index in [2.05, 4.69) is 25.7 Å². The summed E-state index contributed by atoms with van der Waals surface area (Å²) in [6, 6.07) is 11.5. The highest BCUT2D eigenvalue weighted by Crippen LogP contribution is 2.18. The Labute approximate surface area is 132 Å². The van der Waals surface area contributed by atoms with E-state index in [1.165, 1.54) is 7.11 Å². The predicted molar refractivity (Wildman–Crippen MR) is 83.0 cm³/mol. The van der Waals surface area contributed by atoms with Crippen LogP contribution in [0.3, 0.4) is 0 Å². The lowest BCUT2D eigenvalue weighted by atomic mass is 10.1. The number of aromatic nitrogens is 1. The lowest BCUT2D eigenvalue weighted by molar-refractivity contribution is -0.140. The standard InChI is InChI=1S/C16H16BrNO3/c1-20-15(19)9-6-12-4-7-14(8-5-12)21-11-13-3-2-10-18-16(13)17/h2-5,7-8,10H,6,9,11H2,1H3. The summed E-state index contributed by atoms with van der Waals surface area (Å²) < 4.78 is 11.1. The zero-order chi connectivity index (χ0) is 15.1. The third-order valence-electron chi connectivity index (χ3n) is 3.00. The maximum atomic E-state index is 11.1. The second kappa shape index (κ2) is 7.78. The van der Waals surface area contributed by atoms with Crippen molar-refractivity contribution in [3.63, 3.8) is 0 Å². The fourth-order valence-corrected chi connectivity index (χ4v) is 2.15. The monoisotopic (exact) mass is 349 g/mol. The number of rotatable bonds is 6. The molecule has 0 aliphatic heterocycles. The number of halogens is 1. The van der Waals surface area contributed by atoms with E-state index in [-0.39, 0.29) is 5.97 Å². The van der Waals surface area contributed by atoms with Gasteiger partial charge in [0.2, 0.25) is 0 Å². The minimum atomic E-state index is -0.197. The van der Waals surface area contributed by atoms with Gasteiger partial charge in [0.05, 0.1) is 7.11 Å². The van der Waals surface area contributed by atoms with E-state index in [4.69, 9.17) is 4.74 Å². The molecule has 0 radical (unpaired) electrons. The number of aryl methyl sites for hydroxylation is 1. The number of esters is 1. The molecule has 1 aromatic carbocycles. The van der Waals surface area contributed by atoms with Gasteiger partial charge in [0.15, 0.2) is 0 Å². The number of methoxy groups -OCH3 is 1. The first-order valence-corrected chi connectivity index (χ1v) is 7.36. The summed E-state index contributed by atoms with van der Waals surface area (Å²) in [6.07, 6.45) is 2.78. The largest absolute Gasteiger partial charge is 0.489 e. The van der Waals surface area contributed by atoms with Crippen molar-refractivity contribution in [2.24, 2.45) is 0 Å². The van der Waals surface area contributed by atoms with Gasteiger partial charge in [-0.15, -0.1) is 0 Å². The molecule has 1 aromatic heterocycles. The van der Waals surface area contributed by atoms with Crippen LogP contribution in [0.2, 0.25) is 0 Å². The summed E-state index contributed by atoms with van der Waals surface area (Å²) >= 11 is 3.39. The minimum absolute atomic E-state index is 0.197. The number of hydrogen-bond donors (Lipinski definition) is 0. The molecule has 1 heterocycles. The smallest absolute Gasteiger partial charge is 0.305 e. The molecule has 0 saturated heterocycles. The van der Waals surface area contributed by atoms with E-state index in [0.29, 0.717) is 19.4 Å². The van der Waals surface area contributed by atoms with Crippen LogP contribution in [-0.2, 0) is 22.6 Å². The van der Waals surface area contributed by atoms with Crippen LogP contribution >= 0.6 is 15.9 Å². The zero-order valence-electron chi connectivity index (χ0n) is 11.7. The number of nitrogens with zero attached hydrogens (tertiary/aromatic N) is 1. The maximum absolute atomic E-state index is 11.1. The van der Waals surface area contributed by atoms with Crippen LogP contribution in [0.1, 0.15) is 17.5 Å². The van der Waals surface area contributed by atoms with Crippen LogP contribution in [0.15, 0.2) is 47.2 Å². The summed E-state index contributed by atoms with van der Waals surface area (Å²) in [6.45, 7) is 0.454. The molecule has 2 aromatic rings. The molecule has 21 heavy (non-hydrogen) atoms. The summed E-state index contributed by atoms with van der Waals surface area (Å²) in [4.78, 5) is 15.2. The van der Waals surface area contributed by atoms with E-state index in [1.54, 1.807) is 6.20 Å². The second-order valence-corrected chi connectivity index (χ2v) is 5.21. The SMILES string of the molecule is COC(=O)CCc1ccc(OCc2cccnc2Br)cc1. The summed E-state index contributed by atoms with van der Waals surface area (Å²) in [7, 11) is 1.40. The number of carbonyl (C=O) groups is 1. The maximum Gasteiger partial charge on any atom is 0.305 e. The molecule has 0 bridgehead atoms. The van der Waals surface area contributed by atoms with Gasteiger partial charge in [0.25, 0.3) is 0 Å². The Morgan fingerprint density at radius 1 is 1.24 bits per heavy atom. The van der Waals surface area contributed by atoms with Gasteiger partial charge < -0.3 is 9.47 Å². The number of benzene rings is 1. The summed E-state index contributed by atoms with van der Waals surface area (Å²) in [5, 5.41) is 0. The molecular weight excluding hydrogens is 334 g/mol. The van der Waals surface area contributed by atoms with Crippen LogP contribution in [0.25, 0.3) is 0 Å². The topological polar surface area (TPSA) is 48.4 Å². The normalized spacial score (nSPS) is 10.2. The van der Waals surface area contributed by atoms with Crippen molar-refractivity contribution in [2.75, 3.05) is 7.11 Å². The Kier molecular flexibility index (Phi) is 5.75. The van der Waals surface area contributed by atoms with Gasteiger partial charge in [0.1, 0.15) is 17.0 Å². The molecule has 2 rings (SSSR count). The lowest BCUT2D eigenvalue weighted by Crippen LogP contribution is -2.02. The number of carbonyl (C=O) groups excluding carboxylic acids is 1. The van der Waals surface area contributed by atoms with E-state index >= 15 is 0 Å². The molecule has 0 aliphatic carbocycles. The molecule has 0 fully saturated rings. The molecule has 0 saturated carbocycles. The van der Waals surface area contributed by atoms with Crippen LogP contribution in [-0.4, -0.2) is 18.1 Å². The van der Waals surface area contributed by atoms with E-state index in [1.807, 2.05) is 36.4 Å². The number of pyridine rings is 1. The van der Waals surface area contributed by atoms with Gasteiger partial charge in [-0.2, -0.15) is 0 Å². The molecule has 0 spiro atoms. The molecule has 0 aliphatic rings. The lowest BCUT2D eigenvalue weighted by Gasteiger charge is -2.08. The van der Waals surface area contributed by atoms with Gasteiger partial charge in [-0.3, -0.25) is 4.79 Å². The van der Waals surface area contributed by atoms with Crippen molar-refractivity contribution in [1.29, 1.82) is 0 Å². The van der Waals surface area contributed by atoms with Crippen molar-refractivity contribution in [3.8, 4) is 5.75 Å². The number of hydrogen-bond acceptors (Lipinski definition) is 4. The molecule has 0 atom stereocenters. The highest BCUT2D eigenvalue weighted by Gasteiger charge is 2.03. The molecule has 5 heteroatoms. The summed E-state index contributed by atoms with van der Waals surface area (Å²) in [5.41, 5.74) is 2.07. The first-order chi connectivity index (χ1) is 10.2. The average molecular weight is 350 g/mol. The molecule has 0 N–H and O–H groups in total. The van der Waals surface area contributed by atoms with Gasteiger partial charge in [0, 0.05) is 18.2 Å².